The van der Waals surface area contributed by atoms with Crippen molar-refractivity contribution in [2.75, 3.05) is 6.54 Å². The van der Waals surface area contributed by atoms with Crippen LogP contribution in [0.4, 0.5) is 4.39 Å². The largest absolute Gasteiger partial charge is 0.310 e. The standard InChI is InChI=1S/C17H19ClFN/c1-3-20-16(11-13-7-5-8-14(19)10-13)15-9-4-6-12(2)17(15)18/h4-10,16,20H,3,11H2,1-2H3. The lowest BCUT2D eigenvalue weighted by molar-refractivity contribution is 0.546. The summed E-state index contributed by atoms with van der Waals surface area (Å²) in [6.45, 7) is 4.89. The first-order valence-electron chi connectivity index (χ1n) is 6.84. The highest BCUT2D eigenvalue weighted by Gasteiger charge is 2.15. The maximum atomic E-state index is 13.3. The van der Waals surface area contributed by atoms with Crippen LogP contribution in [0.25, 0.3) is 0 Å². The number of benzene rings is 2. The van der Waals surface area contributed by atoms with Gasteiger partial charge in [-0.15, -0.1) is 0 Å². The minimum absolute atomic E-state index is 0.0919. The number of halogens is 2. The van der Waals surface area contributed by atoms with Gasteiger partial charge in [0.15, 0.2) is 0 Å². The molecule has 0 amide bonds. The Morgan fingerprint density at radius 1 is 1.20 bits per heavy atom. The number of rotatable bonds is 5. The van der Waals surface area contributed by atoms with Gasteiger partial charge in [-0.05, 0) is 48.7 Å². The van der Waals surface area contributed by atoms with Crippen molar-refractivity contribution >= 4 is 11.6 Å². The third kappa shape index (κ3) is 3.59. The Morgan fingerprint density at radius 3 is 2.65 bits per heavy atom. The predicted molar refractivity (Wildman–Crippen MR) is 82.7 cm³/mol. The van der Waals surface area contributed by atoms with Gasteiger partial charge < -0.3 is 5.32 Å². The van der Waals surface area contributed by atoms with E-state index in [4.69, 9.17) is 11.6 Å². The van der Waals surface area contributed by atoms with Crippen LogP contribution in [0.5, 0.6) is 0 Å². The SMILES string of the molecule is CCNC(Cc1cccc(F)c1)c1cccc(C)c1Cl. The highest BCUT2D eigenvalue weighted by Crippen LogP contribution is 2.28. The maximum absolute atomic E-state index is 13.3. The number of nitrogens with one attached hydrogen (secondary N) is 1. The van der Waals surface area contributed by atoms with Gasteiger partial charge in [-0.1, -0.05) is 48.9 Å². The van der Waals surface area contributed by atoms with Crippen molar-refractivity contribution in [1.29, 1.82) is 0 Å². The van der Waals surface area contributed by atoms with Gasteiger partial charge in [0.2, 0.25) is 0 Å². The van der Waals surface area contributed by atoms with Crippen LogP contribution in [0.1, 0.15) is 29.7 Å². The smallest absolute Gasteiger partial charge is 0.123 e. The molecule has 1 unspecified atom stereocenters. The quantitative estimate of drug-likeness (QED) is 0.843. The van der Waals surface area contributed by atoms with Crippen molar-refractivity contribution in [3.63, 3.8) is 0 Å². The molecule has 2 rings (SSSR count). The van der Waals surface area contributed by atoms with E-state index in [1.807, 2.05) is 31.2 Å². The first kappa shape index (κ1) is 15.0. The molecule has 20 heavy (non-hydrogen) atoms. The van der Waals surface area contributed by atoms with Crippen molar-refractivity contribution in [2.45, 2.75) is 26.3 Å². The summed E-state index contributed by atoms with van der Waals surface area (Å²) in [5.41, 5.74) is 3.10. The topological polar surface area (TPSA) is 12.0 Å². The molecule has 106 valence electrons. The second-order valence-electron chi connectivity index (χ2n) is 4.92. The number of hydrogen-bond donors (Lipinski definition) is 1. The molecule has 0 bridgehead atoms. The van der Waals surface area contributed by atoms with E-state index in [2.05, 4.69) is 12.2 Å². The molecule has 1 atom stereocenters. The van der Waals surface area contributed by atoms with Crippen LogP contribution in [0.15, 0.2) is 42.5 Å². The molecular formula is C17H19ClFN. The van der Waals surface area contributed by atoms with Crippen molar-refractivity contribution in [2.24, 2.45) is 0 Å². The summed E-state index contributed by atoms with van der Waals surface area (Å²) in [6.07, 6.45) is 0.717. The van der Waals surface area contributed by atoms with Crippen LogP contribution in [0.2, 0.25) is 5.02 Å². The van der Waals surface area contributed by atoms with Crippen molar-refractivity contribution in [3.8, 4) is 0 Å². The molecule has 0 aliphatic carbocycles. The normalized spacial score (nSPS) is 12.4. The second-order valence-corrected chi connectivity index (χ2v) is 5.30. The number of hydrogen-bond acceptors (Lipinski definition) is 1. The molecule has 2 aromatic carbocycles. The summed E-state index contributed by atoms with van der Waals surface area (Å²) in [5.74, 6) is -0.201. The highest BCUT2D eigenvalue weighted by atomic mass is 35.5. The van der Waals surface area contributed by atoms with Crippen LogP contribution in [-0.2, 0) is 6.42 Å². The average Bonchev–Trinajstić information content (AvgIpc) is 2.42. The van der Waals surface area contributed by atoms with E-state index in [0.29, 0.717) is 0 Å². The zero-order valence-corrected chi connectivity index (χ0v) is 12.5. The molecule has 0 heterocycles. The zero-order valence-electron chi connectivity index (χ0n) is 11.8. The van der Waals surface area contributed by atoms with Gasteiger partial charge >= 0.3 is 0 Å². The third-order valence-electron chi connectivity index (χ3n) is 3.38. The van der Waals surface area contributed by atoms with Crippen molar-refractivity contribution in [1.82, 2.24) is 5.32 Å². The maximum Gasteiger partial charge on any atom is 0.123 e. The van der Waals surface area contributed by atoms with Gasteiger partial charge in [-0.25, -0.2) is 4.39 Å². The summed E-state index contributed by atoms with van der Waals surface area (Å²) < 4.78 is 13.3. The second kappa shape index (κ2) is 6.87. The van der Waals surface area contributed by atoms with Gasteiger partial charge in [0.05, 0.1) is 0 Å². The van der Waals surface area contributed by atoms with Gasteiger partial charge in [-0.2, -0.15) is 0 Å². The molecule has 1 N–H and O–H groups in total. The predicted octanol–water partition coefficient (Wildman–Crippen LogP) is 4.68. The lowest BCUT2D eigenvalue weighted by Gasteiger charge is -2.20. The molecule has 0 spiro atoms. The Balaban J connectivity index is 2.29. The molecule has 0 saturated carbocycles. The van der Waals surface area contributed by atoms with E-state index >= 15 is 0 Å². The molecule has 0 saturated heterocycles. The summed E-state index contributed by atoms with van der Waals surface area (Å²) in [5, 5.41) is 4.21. The Kier molecular flexibility index (Phi) is 5.16. The summed E-state index contributed by atoms with van der Waals surface area (Å²) in [4.78, 5) is 0. The summed E-state index contributed by atoms with van der Waals surface area (Å²) in [6, 6.07) is 12.8. The third-order valence-corrected chi connectivity index (χ3v) is 3.89. The molecule has 0 fully saturated rings. The Bertz CT molecular complexity index is 583. The van der Waals surface area contributed by atoms with E-state index in [1.165, 1.54) is 6.07 Å². The first-order chi connectivity index (χ1) is 9.61. The molecule has 2 aromatic rings. The molecular weight excluding hydrogens is 273 g/mol. The van der Waals surface area contributed by atoms with Gasteiger partial charge in [-0.3, -0.25) is 0 Å². The molecule has 1 nitrogen and oxygen atoms in total. The van der Waals surface area contributed by atoms with E-state index in [1.54, 1.807) is 12.1 Å². The molecule has 0 aliphatic rings. The van der Waals surface area contributed by atoms with Crippen molar-refractivity contribution in [3.05, 3.63) is 70.0 Å². The minimum Gasteiger partial charge on any atom is -0.310 e. The zero-order chi connectivity index (χ0) is 14.5. The Labute approximate surface area is 124 Å². The molecule has 0 aliphatic heterocycles. The number of likely N-dealkylation sites (N-methyl/N-ethyl adjacent to an activating group) is 1. The van der Waals surface area contributed by atoms with Crippen LogP contribution in [0, 0.1) is 12.7 Å². The van der Waals surface area contributed by atoms with E-state index < -0.39 is 0 Å². The van der Waals surface area contributed by atoms with Crippen LogP contribution in [0.3, 0.4) is 0 Å². The fraction of sp³-hybridized carbons (Fsp3) is 0.294. The lowest BCUT2D eigenvalue weighted by Crippen LogP contribution is -2.23. The number of aryl methyl sites for hydroxylation is 1. The lowest BCUT2D eigenvalue weighted by atomic mass is 9.97. The molecule has 3 heteroatoms. The van der Waals surface area contributed by atoms with E-state index in [-0.39, 0.29) is 11.9 Å². The Morgan fingerprint density at radius 2 is 1.95 bits per heavy atom. The van der Waals surface area contributed by atoms with Gasteiger partial charge in [0, 0.05) is 11.1 Å². The fourth-order valence-corrected chi connectivity index (χ4v) is 2.64. The van der Waals surface area contributed by atoms with Gasteiger partial charge in [0.1, 0.15) is 5.82 Å². The monoisotopic (exact) mass is 291 g/mol. The van der Waals surface area contributed by atoms with E-state index in [9.17, 15) is 4.39 Å². The molecule has 0 aromatic heterocycles. The Hall–Kier alpha value is -1.38. The highest BCUT2D eigenvalue weighted by molar-refractivity contribution is 6.32. The van der Waals surface area contributed by atoms with Crippen LogP contribution in [-0.4, -0.2) is 6.54 Å². The summed E-state index contributed by atoms with van der Waals surface area (Å²) in [7, 11) is 0. The van der Waals surface area contributed by atoms with E-state index in [0.717, 1.165) is 34.7 Å². The van der Waals surface area contributed by atoms with Crippen LogP contribution < -0.4 is 5.32 Å². The average molecular weight is 292 g/mol. The summed E-state index contributed by atoms with van der Waals surface area (Å²) >= 11 is 6.41. The molecule has 0 radical (unpaired) electrons. The fourth-order valence-electron chi connectivity index (χ4n) is 2.38. The minimum atomic E-state index is -0.201. The van der Waals surface area contributed by atoms with Crippen LogP contribution >= 0.6 is 11.6 Å². The first-order valence-corrected chi connectivity index (χ1v) is 7.22. The van der Waals surface area contributed by atoms with Crippen molar-refractivity contribution < 1.29 is 4.39 Å². The van der Waals surface area contributed by atoms with Gasteiger partial charge in [0.25, 0.3) is 0 Å².